The monoisotopic (exact) mass is 390 g/mol. The zero-order valence-corrected chi connectivity index (χ0v) is 15.9. The fourth-order valence-electron chi connectivity index (χ4n) is 3.80. The standard InChI is InChI=1S/C21H19FN6O/c1-13(29)23-17-12-28-19(24-17)10-9-16(26-28)21-20(14-5-7-15(22)8-6-14)25-18-4-2-3-11-27(18)21/h5-10,12H,2-4,11H2,1H3,(H,23,29). The van der Waals surface area contributed by atoms with Gasteiger partial charge < -0.3 is 9.88 Å². The lowest BCUT2D eigenvalue weighted by molar-refractivity contribution is -0.114. The zero-order chi connectivity index (χ0) is 20.0. The van der Waals surface area contributed by atoms with Gasteiger partial charge in [0, 0.05) is 25.5 Å². The van der Waals surface area contributed by atoms with E-state index in [2.05, 4.69) is 14.9 Å². The van der Waals surface area contributed by atoms with E-state index in [-0.39, 0.29) is 11.7 Å². The third-order valence-corrected chi connectivity index (χ3v) is 5.06. The van der Waals surface area contributed by atoms with E-state index in [0.717, 1.165) is 54.3 Å². The van der Waals surface area contributed by atoms with Gasteiger partial charge in [-0.25, -0.2) is 18.9 Å². The van der Waals surface area contributed by atoms with Crippen LogP contribution in [0.5, 0.6) is 0 Å². The lowest BCUT2D eigenvalue weighted by atomic mass is 10.1. The molecule has 0 saturated carbocycles. The van der Waals surface area contributed by atoms with Crippen LogP contribution in [0.3, 0.4) is 0 Å². The summed E-state index contributed by atoms with van der Waals surface area (Å²) in [6.45, 7) is 2.32. The number of hydrogen-bond donors (Lipinski definition) is 1. The van der Waals surface area contributed by atoms with Crippen molar-refractivity contribution in [3.05, 3.63) is 54.2 Å². The number of carbonyl (C=O) groups is 1. The van der Waals surface area contributed by atoms with E-state index in [9.17, 15) is 9.18 Å². The third-order valence-electron chi connectivity index (χ3n) is 5.06. The number of carbonyl (C=O) groups excluding carboxylic acids is 1. The molecule has 29 heavy (non-hydrogen) atoms. The predicted molar refractivity (Wildman–Crippen MR) is 107 cm³/mol. The average molecular weight is 390 g/mol. The summed E-state index contributed by atoms with van der Waals surface area (Å²) in [4.78, 5) is 20.5. The summed E-state index contributed by atoms with van der Waals surface area (Å²) in [5, 5.41) is 7.40. The topological polar surface area (TPSA) is 77.1 Å². The molecule has 1 aliphatic heterocycles. The van der Waals surface area contributed by atoms with Gasteiger partial charge in [-0.2, -0.15) is 5.10 Å². The number of hydrogen-bond acceptors (Lipinski definition) is 4. The van der Waals surface area contributed by atoms with E-state index in [1.807, 2.05) is 12.1 Å². The SMILES string of the molecule is CC(=O)Nc1cn2nc(-c3c(-c4ccc(F)cc4)nc4n3CCCC4)ccc2n1. The normalized spacial score (nSPS) is 13.4. The van der Waals surface area contributed by atoms with Gasteiger partial charge in [-0.1, -0.05) is 0 Å². The number of nitrogens with one attached hydrogen (secondary N) is 1. The van der Waals surface area contributed by atoms with Crippen molar-refractivity contribution in [1.29, 1.82) is 0 Å². The number of anilines is 1. The fraction of sp³-hybridized carbons (Fsp3) is 0.238. The van der Waals surface area contributed by atoms with E-state index in [1.165, 1.54) is 19.1 Å². The summed E-state index contributed by atoms with van der Waals surface area (Å²) < 4.78 is 17.3. The molecule has 4 heterocycles. The highest BCUT2D eigenvalue weighted by Gasteiger charge is 2.23. The van der Waals surface area contributed by atoms with Crippen molar-refractivity contribution < 1.29 is 9.18 Å². The van der Waals surface area contributed by atoms with Crippen molar-refractivity contribution in [2.45, 2.75) is 32.7 Å². The van der Waals surface area contributed by atoms with Gasteiger partial charge in [0.05, 0.1) is 17.6 Å². The van der Waals surface area contributed by atoms with E-state index in [0.29, 0.717) is 11.5 Å². The molecule has 0 spiro atoms. The Labute approximate surface area is 166 Å². The Morgan fingerprint density at radius 1 is 1.10 bits per heavy atom. The van der Waals surface area contributed by atoms with Gasteiger partial charge in [-0.3, -0.25) is 4.79 Å². The number of fused-ring (bicyclic) bond motifs is 2. The molecule has 7 nitrogen and oxygen atoms in total. The molecular formula is C21H19FN6O. The number of imidazole rings is 2. The van der Waals surface area contributed by atoms with Gasteiger partial charge in [-0.05, 0) is 49.2 Å². The van der Waals surface area contributed by atoms with Crippen LogP contribution in [-0.2, 0) is 17.8 Å². The zero-order valence-electron chi connectivity index (χ0n) is 15.9. The Morgan fingerprint density at radius 2 is 1.93 bits per heavy atom. The summed E-state index contributed by atoms with van der Waals surface area (Å²) in [6.07, 6.45) is 4.78. The van der Waals surface area contributed by atoms with Crippen molar-refractivity contribution in [3.63, 3.8) is 0 Å². The Morgan fingerprint density at radius 3 is 2.72 bits per heavy atom. The summed E-state index contributed by atoms with van der Waals surface area (Å²) in [5.41, 5.74) is 3.97. The van der Waals surface area contributed by atoms with Crippen molar-refractivity contribution in [1.82, 2.24) is 24.1 Å². The molecule has 8 heteroatoms. The van der Waals surface area contributed by atoms with Crippen LogP contribution in [0, 0.1) is 5.82 Å². The van der Waals surface area contributed by atoms with E-state index in [4.69, 9.17) is 10.1 Å². The van der Waals surface area contributed by atoms with Crippen molar-refractivity contribution in [2.24, 2.45) is 0 Å². The minimum atomic E-state index is -0.275. The average Bonchev–Trinajstić information content (AvgIpc) is 3.28. The number of nitrogens with zero attached hydrogens (tertiary/aromatic N) is 5. The highest BCUT2D eigenvalue weighted by molar-refractivity contribution is 5.88. The van der Waals surface area contributed by atoms with E-state index < -0.39 is 0 Å². The van der Waals surface area contributed by atoms with E-state index in [1.54, 1.807) is 22.8 Å². The summed E-state index contributed by atoms with van der Waals surface area (Å²) in [5.74, 6) is 1.02. The molecule has 1 N–H and O–H groups in total. The molecule has 146 valence electrons. The smallest absolute Gasteiger partial charge is 0.222 e. The number of benzene rings is 1. The minimum Gasteiger partial charge on any atom is -0.326 e. The molecule has 5 rings (SSSR count). The minimum absolute atomic E-state index is 0.183. The van der Waals surface area contributed by atoms with Gasteiger partial charge in [0.2, 0.25) is 5.91 Å². The maximum absolute atomic E-state index is 13.4. The van der Waals surface area contributed by atoms with Gasteiger partial charge in [0.1, 0.15) is 17.3 Å². The first kappa shape index (κ1) is 17.5. The first-order valence-corrected chi connectivity index (χ1v) is 9.58. The number of rotatable bonds is 3. The van der Waals surface area contributed by atoms with Crippen LogP contribution in [0.15, 0.2) is 42.6 Å². The van der Waals surface area contributed by atoms with Gasteiger partial charge >= 0.3 is 0 Å². The second-order valence-electron chi connectivity index (χ2n) is 7.17. The molecule has 4 aromatic rings. The van der Waals surface area contributed by atoms with Gasteiger partial charge in [0.15, 0.2) is 11.5 Å². The lowest BCUT2D eigenvalue weighted by Crippen LogP contribution is -2.12. The van der Waals surface area contributed by atoms with Gasteiger partial charge in [0.25, 0.3) is 0 Å². The van der Waals surface area contributed by atoms with Crippen LogP contribution in [-0.4, -0.2) is 30.1 Å². The van der Waals surface area contributed by atoms with Crippen molar-refractivity contribution in [3.8, 4) is 22.6 Å². The second-order valence-corrected chi connectivity index (χ2v) is 7.17. The maximum Gasteiger partial charge on any atom is 0.222 e. The molecule has 0 radical (unpaired) electrons. The van der Waals surface area contributed by atoms with Crippen molar-refractivity contribution >= 4 is 17.4 Å². The Bertz CT molecular complexity index is 1220. The van der Waals surface area contributed by atoms with Gasteiger partial charge in [-0.15, -0.1) is 0 Å². The van der Waals surface area contributed by atoms with Crippen LogP contribution in [0.4, 0.5) is 10.2 Å². The molecule has 0 fully saturated rings. The molecule has 0 saturated heterocycles. The Balaban J connectivity index is 1.67. The summed E-state index contributed by atoms with van der Waals surface area (Å²) in [6, 6.07) is 10.2. The molecular weight excluding hydrogens is 371 g/mol. The predicted octanol–water partition coefficient (Wildman–Crippen LogP) is 3.69. The van der Waals surface area contributed by atoms with Crippen molar-refractivity contribution in [2.75, 3.05) is 5.32 Å². The summed E-state index contributed by atoms with van der Waals surface area (Å²) >= 11 is 0. The van der Waals surface area contributed by atoms with E-state index >= 15 is 0 Å². The molecule has 0 atom stereocenters. The maximum atomic E-state index is 13.4. The highest BCUT2D eigenvalue weighted by atomic mass is 19.1. The molecule has 3 aromatic heterocycles. The van der Waals surface area contributed by atoms with Crippen LogP contribution in [0.25, 0.3) is 28.3 Å². The largest absolute Gasteiger partial charge is 0.326 e. The third kappa shape index (κ3) is 3.16. The quantitative estimate of drug-likeness (QED) is 0.579. The summed E-state index contributed by atoms with van der Waals surface area (Å²) in [7, 11) is 0. The van der Waals surface area contributed by atoms with Crippen LogP contribution >= 0.6 is 0 Å². The second kappa shape index (κ2) is 6.80. The van der Waals surface area contributed by atoms with Crippen LogP contribution in [0.1, 0.15) is 25.6 Å². The fourth-order valence-corrected chi connectivity index (χ4v) is 3.80. The Hall–Kier alpha value is -3.55. The Kier molecular flexibility index (Phi) is 4.12. The molecule has 0 bridgehead atoms. The molecule has 1 amide bonds. The van der Waals surface area contributed by atoms with Crippen LogP contribution < -0.4 is 5.32 Å². The highest BCUT2D eigenvalue weighted by Crippen LogP contribution is 2.34. The molecule has 0 aliphatic carbocycles. The molecule has 1 aromatic carbocycles. The number of halogens is 1. The number of aromatic nitrogens is 5. The number of amides is 1. The molecule has 0 unspecified atom stereocenters. The lowest BCUT2D eigenvalue weighted by Gasteiger charge is -2.16. The first-order valence-electron chi connectivity index (χ1n) is 9.58. The number of aryl methyl sites for hydroxylation is 1. The molecule has 1 aliphatic rings. The first-order chi connectivity index (χ1) is 14.1. The van der Waals surface area contributed by atoms with Crippen LogP contribution in [0.2, 0.25) is 0 Å².